The molecule has 0 saturated carbocycles. The Kier molecular flexibility index (Phi) is 2.26. The molecule has 17 heavy (non-hydrogen) atoms. The number of nitrogens with one attached hydrogen (secondary N) is 1. The first kappa shape index (κ1) is 11.9. The number of hydrogen-bond donors (Lipinski definition) is 2. The molecule has 1 unspecified atom stereocenters. The van der Waals surface area contributed by atoms with Gasteiger partial charge in [0.25, 0.3) is 11.5 Å². The largest absolute Gasteiger partial charge is 0.430 e. The summed E-state index contributed by atoms with van der Waals surface area (Å²) in [5.74, 6) is -1.45. The van der Waals surface area contributed by atoms with Gasteiger partial charge in [0.15, 0.2) is 0 Å². The van der Waals surface area contributed by atoms with Gasteiger partial charge in [0.1, 0.15) is 0 Å². The zero-order valence-corrected chi connectivity index (χ0v) is 9.14. The highest BCUT2D eigenvalue weighted by molar-refractivity contribution is 6.06. The quantitative estimate of drug-likeness (QED) is 0.734. The molecule has 2 N–H and O–H groups in total. The third-order valence-electron chi connectivity index (χ3n) is 3.10. The molecule has 0 bridgehead atoms. The van der Waals surface area contributed by atoms with Crippen LogP contribution in [0.2, 0.25) is 0 Å². The van der Waals surface area contributed by atoms with E-state index in [2.05, 4.69) is 5.32 Å². The number of rotatable bonds is 0. The summed E-state index contributed by atoms with van der Waals surface area (Å²) in [7, 11) is 0. The number of benzene rings is 1. The van der Waals surface area contributed by atoms with Crippen molar-refractivity contribution in [3.8, 4) is 0 Å². The fourth-order valence-corrected chi connectivity index (χ4v) is 1.89. The predicted molar refractivity (Wildman–Crippen MR) is 54.5 cm³/mol. The van der Waals surface area contributed by atoms with E-state index in [0.717, 1.165) is 11.6 Å². The summed E-state index contributed by atoms with van der Waals surface area (Å²) >= 11 is 0. The van der Waals surface area contributed by atoms with Crippen LogP contribution in [0.1, 0.15) is 16.7 Å². The number of alkyl halides is 3. The van der Waals surface area contributed by atoms with Crippen LogP contribution in [0, 0.1) is 13.8 Å². The van der Waals surface area contributed by atoms with Crippen molar-refractivity contribution in [2.75, 3.05) is 5.32 Å². The second kappa shape index (κ2) is 3.22. The molecule has 0 aliphatic carbocycles. The van der Waals surface area contributed by atoms with E-state index in [-0.39, 0.29) is 5.69 Å². The monoisotopic (exact) mass is 245 g/mol. The molecular formula is C11H10F3NO2. The van der Waals surface area contributed by atoms with Gasteiger partial charge in [-0.3, -0.25) is 4.79 Å². The van der Waals surface area contributed by atoms with E-state index in [9.17, 15) is 23.1 Å². The second-order valence-corrected chi connectivity index (χ2v) is 4.09. The summed E-state index contributed by atoms with van der Waals surface area (Å²) in [5, 5.41) is 11.7. The second-order valence-electron chi connectivity index (χ2n) is 4.09. The van der Waals surface area contributed by atoms with Gasteiger partial charge in [0, 0.05) is 5.56 Å². The summed E-state index contributed by atoms with van der Waals surface area (Å²) in [5.41, 5.74) is -2.56. The van der Waals surface area contributed by atoms with Crippen molar-refractivity contribution in [3.63, 3.8) is 0 Å². The number of carbonyl (C=O) groups is 1. The first-order valence-electron chi connectivity index (χ1n) is 4.91. The maximum absolute atomic E-state index is 12.8. The minimum absolute atomic E-state index is 0.0508. The molecule has 1 heterocycles. The molecule has 1 amide bonds. The van der Waals surface area contributed by atoms with Crippen molar-refractivity contribution in [1.29, 1.82) is 0 Å². The number of aryl methyl sites for hydroxylation is 1. The van der Waals surface area contributed by atoms with E-state index in [4.69, 9.17) is 0 Å². The lowest BCUT2D eigenvalue weighted by molar-refractivity contribution is -0.252. The van der Waals surface area contributed by atoms with E-state index >= 15 is 0 Å². The molecule has 1 aliphatic rings. The summed E-state index contributed by atoms with van der Waals surface area (Å²) in [6.07, 6.45) is -5.04. The van der Waals surface area contributed by atoms with Crippen LogP contribution in [-0.2, 0) is 10.4 Å². The summed E-state index contributed by atoms with van der Waals surface area (Å²) in [6.45, 7) is 3.31. The molecule has 3 nitrogen and oxygen atoms in total. The van der Waals surface area contributed by atoms with Crippen LogP contribution < -0.4 is 5.32 Å². The van der Waals surface area contributed by atoms with Crippen molar-refractivity contribution in [2.24, 2.45) is 0 Å². The lowest BCUT2D eigenvalue weighted by atomic mass is 9.92. The highest BCUT2D eigenvalue weighted by atomic mass is 19.4. The molecule has 0 saturated heterocycles. The van der Waals surface area contributed by atoms with Gasteiger partial charge in [0.05, 0.1) is 5.69 Å². The molecule has 1 aromatic carbocycles. The fourth-order valence-electron chi connectivity index (χ4n) is 1.89. The Balaban J connectivity index is 2.72. The van der Waals surface area contributed by atoms with Gasteiger partial charge < -0.3 is 10.4 Å². The normalized spacial score (nSPS) is 23.5. The molecule has 0 radical (unpaired) electrons. The van der Waals surface area contributed by atoms with E-state index in [1.165, 1.54) is 6.07 Å². The first-order valence-corrected chi connectivity index (χ1v) is 4.91. The highest BCUT2D eigenvalue weighted by Gasteiger charge is 2.64. The van der Waals surface area contributed by atoms with Gasteiger partial charge >= 0.3 is 6.18 Å². The Morgan fingerprint density at radius 1 is 1.29 bits per heavy atom. The Morgan fingerprint density at radius 3 is 2.41 bits per heavy atom. The number of carbonyl (C=O) groups excluding carboxylic acids is 1. The Labute approximate surface area is 95.3 Å². The molecule has 2 rings (SSSR count). The number of halogens is 3. The minimum Gasteiger partial charge on any atom is -0.368 e. The van der Waals surface area contributed by atoms with Crippen LogP contribution in [0.15, 0.2) is 12.1 Å². The van der Waals surface area contributed by atoms with Crippen LogP contribution >= 0.6 is 0 Å². The maximum atomic E-state index is 12.8. The lowest BCUT2D eigenvalue weighted by Crippen LogP contribution is -2.47. The van der Waals surface area contributed by atoms with Gasteiger partial charge in [-0.05, 0) is 25.0 Å². The SMILES string of the molecule is Cc1ccc2c(c1C)NC(=O)C2(O)C(F)(F)F. The zero-order valence-electron chi connectivity index (χ0n) is 9.14. The number of aliphatic hydroxyl groups is 1. The average molecular weight is 245 g/mol. The van der Waals surface area contributed by atoms with Crippen molar-refractivity contribution in [3.05, 3.63) is 28.8 Å². The Bertz CT molecular complexity index is 510. The minimum atomic E-state index is -5.04. The van der Waals surface area contributed by atoms with E-state index in [1.807, 2.05) is 0 Å². The van der Waals surface area contributed by atoms with Crippen LogP contribution in [0.25, 0.3) is 0 Å². The molecule has 1 aliphatic heterocycles. The molecule has 6 heteroatoms. The molecule has 1 aromatic rings. The van der Waals surface area contributed by atoms with Gasteiger partial charge in [-0.25, -0.2) is 0 Å². The van der Waals surface area contributed by atoms with E-state index in [0.29, 0.717) is 5.56 Å². The lowest BCUT2D eigenvalue weighted by Gasteiger charge is -2.23. The van der Waals surface area contributed by atoms with Crippen LogP contribution in [-0.4, -0.2) is 17.2 Å². The molecule has 92 valence electrons. The van der Waals surface area contributed by atoms with Crippen LogP contribution in [0.5, 0.6) is 0 Å². The highest BCUT2D eigenvalue weighted by Crippen LogP contribution is 2.48. The Morgan fingerprint density at radius 2 is 1.88 bits per heavy atom. The Hall–Kier alpha value is -1.56. The molecule has 1 atom stereocenters. The number of fused-ring (bicyclic) bond motifs is 1. The van der Waals surface area contributed by atoms with Gasteiger partial charge in [-0.1, -0.05) is 12.1 Å². The molecular weight excluding hydrogens is 235 g/mol. The average Bonchev–Trinajstić information content (AvgIpc) is 2.47. The van der Waals surface area contributed by atoms with Gasteiger partial charge in [-0.2, -0.15) is 13.2 Å². The van der Waals surface area contributed by atoms with Crippen molar-refractivity contribution < 1.29 is 23.1 Å². The zero-order chi connectivity index (χ0) is 13.0. The van der Waals surface area contributed by atoms with Crippen molar-refractivity contribution >= 4 is 11.6 Å². The smallest absolute Gasteiger partial charge is 0.368 e. The van der Waals surface area contributed by atoms with E-state index < -0.39 is 23.2 Å². The van der Waals surface area contributed by atoms with Crippen molar-refractivity contribution in [2.45, 2.75) is 25.6 Å². The van der Waals surface area contributed by atoms with Crippen LogP contribution in [0.4, 0.5) is 18.9 Å². The third-order valence-corrected chi connectivity index (χ3v) is 3.10. The van der Waals surface area contributed by atoms with Crippen molar-refractivity contribution in [1.82, 2.24) is 0 Å². The van der Waals surface area contributed by atoms with E-state index in [1.54, 1.807) is 13.8 Å². The first-order chi connectivity index (χ1) is 7.69. The molecule has 0 spiro atoms. The number of hydrogen-bond acceptors (Lipinski definition) is 2. The summed E-state index contributed by atoms with van der Waals surface area (Å²) < 4.78 is 38.4. The number of anilines is 1. The third kappa shape index (κ3) is 1.37. The fraction of sp³-hybridized carbons (Fsp3) is 0.364. The summed E-state index contributed by atoms with van der Waals surface area (Å²) in [4.78, 5) is 11.4. The predicted octanol–water partition coefficient (Wildman–Crippen LogP) is 2.01. The standard InChI is InChI=1S/C11H10F3NO2/c1-5-3-4-7-8(6(5)2)15-9(16)10(7,17)11(12,13)14/h3-4,17H,1-2H3,(H,15,16). The topological polar surface area (TPSA) is 49.3 Å². The van der Waals surface area contributed by atoms with Gasteiger partial charge in [-0.15, -0.1) is 0 Å². The van der Waals surface area contributed by atoms with Gasteiger partial charge in [0.2, 0.25) is 0 Å². The molecule has 0 aromatic heterocycles. The number of amides is 1. The maximum Gasteiger partial charge on any atom is 0.430 e. The van der Waals surface area contributed by atoms with Crippen LogP contribution in [0.3, 0.4) is 0 Å². The molecule has 0 fully saturated rings. The summed E-state index contributed by atoms with van der Waals surface area (Å²) in [6, 6.07) is 2.58.